The van der Waals surface area contributed by atoms with Gasteiger partial charge in [-0.1, -0.05) is 42.5 Å². The van der Waals surface area contributed by atoms with Gasteiger partial charge in [-0.2, -0.15) is 0 Å². The van der Waals surface area contributed by atoms with Crippen molar-refractivity contribution in [2.45, 2.75) is 26.4 Å². The molecule has 0 radical (unpaired) electrons. The normalized spacial score (nSPS) is 10.1. The van der Waals surface area contributed by atoms with Crippen molar-refractivity contribution in [1.29, 1.82) is 0 Å². The lowest BCUT2D eigenvalue weighted by Gasteiger charge is -2.07. The van der Waals surface area contributed by atoms with Gasteiger partial charge in [0.05, 0.1) is 6.61 Å². The largest absolute Gasteiger partial charge is 0.482 e. The first kappa shape index (κ1) is 18.5. The molecule has 2 rings (SSSR count). The summed E-state index contributed by atoms with van der Waals surface area (Å²) < 4.78 is 15.4. The second-order valence-electron chi connectivity index (χ2n) is 5.38. The molecule has 0 unspecified atom stereocenters. The van der Waals surface area contributed by atoms with Crippen molar-refractivity contribution in [3.05, 3.63) is 65.7 Å². The molecule has 0 heterocycles. The minimum Gasteiger partial charge on any atom is -0.482 e. The number of esters is 2. The highest BCUT2D eigenvalue weighted by atomic mass is 16.6. The van der Waals surface area contributed by atoms with E-state index in [9.17, 15) is 9.59 Å². The average molecular weight is 342 g/mol. The zero-order valence-corrected chi connectivity index (χ0v) is 14.3. The van der Waals surface area contributed by atoms with Crippen LogP contribution in [0.3, 0.4) is 0 Å². The molecule has 0 spiro atoms. The Labute approximate surface area is 147 Å². The maximum Gasteiger partial charge on any atom is 0.344 e. The molecule has 5 heteroatoms. The molecular formula is C20H22O5. The molecule has 0 fully saturated rings. The Kier molecular flexibility index (Phi) is 7.50. The van der Waals surface area contributed by atoms with Crippen LogP contribution >= 0.6 is 0 Å². The van der Waals surface area contributed by atoms with Crippen LogP contribution < -0.4 is 4.74 Å². The summed E-state index contributed by atoms with van der Waals surface area (Å²) in [5, 5.41) is 0. The Bertz CT molecular complexity index is 664. The van der Waals surface area contributed by atoms with Gasteiger partial charge < -0.3 is 14.2 Å². The van der Waals surface area contributed by atoms with Gasteiger partial charge in [-0.25, -0.2) is 4.79 Å². The topological polar surface area (TPSA) is 61.8 Å². The van der Waals surface area contributed by atoms with Crippen LogP contribution in [-0.4, -0.2) is 25.2 Å². The van der Waals surface area contributed by atoms with E-state index in [1.165, 1.54) is 0 Å². The monoisotopic (exact) mass is 342 g/mol. The minimum absolute atomic E-state index is 0.112. The van der Waals surface area contributed by atoms with Crippen LogP contribution in [-0.2, 0) is 32.1 Å². The highest BCUT2D eigenvalue weighted by Gasteiger charge is 2.06. The van der Waals surface area contributed by atoms with Crippen molar-refractivity contribution >= 4 is 11.9 Å². The van der Waals surface area contributed by atoms with E-state index in [0.29, 0.717) is 31.8 Å². The highest BCUT2D eigenvalue weighted by Crippen LogP contribution is 2.14. The van der Waals surface area contributed by atoms with E-state index in [2.05, 4.69) is 0 Å². The van der Waals surface area contributed by atoms with E-state index < -0.39 is 5.97 Å². The zero-order valence-electron chi connectivity index (χ0n) is 14.3. The summed E-state index contributed by atoms with van der Waals surface area (Å²) in [6.45, 7) is 2.26. The number of hydrogen-bond acceptors (Lipinski definition) is 5. The summed E-state index contributed by atoms with van der Waals surface area (Å²) in [6.07, 6.45) is 0.904. The minimum atomic E-state index is -0.396. The third-order valence-corrected chi connectivity index (χ3v) is 3.45. The van der Waals surface area contributed by atoms with Crippen LogP contribution in [0.2, 0.25) is 0 Å². The third-order valence-electron chi connectivity index (χ3n) is 3.45. The predicted molar refractivity (Wildman–Crippen MR) is 93.1 cm³/mol. The maximum absolute atomic E-state index is 11.8. The molecule has 2 aromatic rings. The fourth-order valence-corrected chi connectivity index (χ4v) is 2.15. The van der Waals surface area contributed by atoms with Gasteiger partial charge in [0, 0.05) is 6.42 Å². The molecule has 0 aliphatic carbocycles. The Hall–Kier alpha value is -2.82. The number of aryl methyl sites for hydroxylation is 1. The van der Waals surface area contributed by atoms with Crippen molar-refractivity contribution in [3.8, 4) is 5.75 Å². The number of carbonyl (C=O) groups is 2. The second-order valence-corrected chi connectivity index (χ2v) is 5.38. The summed E-state index contributed by atoms with van der Waals surface area (Å²) in [5.41, 5.74) is 1.97. The zero-order chi connectivity index (χ0) is 17.9. The Morgan fingerprint density at radius 1 is 0.840 bits per heavy atom. The lowest BCUT2D eigenvalue weighted by atomic mass is 10.1. The number of hydrogen-bond donors (Lipinski definition) is 0. The van der Waals surface area contributed by atoms with E-state index in [1.807, 2.05) is 42.5 Å². The van der Waals surface area contributed by atoms with E-state index in [4.69, 9.17) is 14.2 Å². The van der Waals surface area contributed by atoms with Crippen molar-refractivity contribution in [1.82, 2.24) is 0 Å². The average Bonchev–Trinajstić information content (AvgIpc) is 2.65. The summed E-state index contributed by atoms with van der Waals surface area (Å²) in [6, 6.07) is 16.9. The number of benzene rings is 2. The first-order valence-electron chi connectivity index (χ1n) is 8.24. The van der Waals surface area contributed by atoms with Crippen molar-refractivity contribution in [2.24, 2.45) is 0 Å². The van der Waals surface area contributed by atoms with Gasteiger partial charge in [0.15, 0.2) is 6.61 Å². The molecule has 0 aliphatic rings. The van der Waals surface area contributed by atoms with Crippen LogP contribution in [0.1, 0.15) is 24.5 Å². The molecule has 0 saturated heterocycles. The molecule has 2 aromatic carbocycles. The van der Waals surface area contributed by atoms with E-state index in [0.717, 1.165) is 11.1 Å². The fourth-order valence-electron chi connectivity index (χ4n) is 2.15. The van der Waals surface area contributed by atoms with Gasteiger partial charge in [-0.15, -0.1) is 0 Å². The van der Waals surface area contributed by atoms with Gasteiger partial charge in [0.25, 0.3) is 0 Å². The number of carbonyl (C=O) groups excluding carboxylic acids is 2. The molecule has 0 aliphatic heterocycles. The van der Waals surface area contributed by atoms with Crippen molar-refractivity contribution in [3.63, 3.8) is 0 Å². The SMILES string of the molecule is CCOC(=O)COc1ccc(CCC(=O)OCc2ccccc2)cc1. The highest BCUT2D eigenvalue weighted by molar-refractivity contribution is 5.71. The predicted octanol–water partition coefficient (Wildman–Crippen LogP) is 3.30. The van der Waals surface area contributed by atoms with Gasteiger partial charge in [0.2, 0.25) is 0 Å². The first-order valence-corrected chi connectivity index (χ1v) is 8.24. The lowest BCUT2D eigenvalue weighted by molar-refractivity contribution is -0.146. The van der Waals surface area contributed by atoms with Gasteiger partial charge in [-0.05, 0) is 36.6 Å². The van der Waals surface area contributed by atoms with Crippen LogP contribution in [0.4, 0.5) is 0 Å². The Morgan fingerprint density at radius 3 is 2.24 bits per heavy atom. The van der Waals surface area contributed by atoms with E-state index in [-0.39, 0.29) is 12.6 Å². The molecule has 132 valence electrons. The van der Waals surface area contributed by atoms with Crippen molar-refractivity contribution in [2.75, 3.05) is 13.2 Å². The standard InChI is InChI=1S/C20H22O5/c1-2-23-20(22)15-24-18-11-8-16(9-12-18)10-13-19(21)25-14-17-6-4-3-5-7-17/h3-9,11-12H,2,10,13-15H2,1H3. The third kappa shape index (κ3) is 7.08. The number of ether oxygens (including phenoxy) is 3. The van der Waals surface area contributed by atoms with Crippen molar-refractivity contribution < 1.29 is 23.8 Å². The van der Waals surface area contributed by atoms with Crippen LogP contribution in [0.25, 0.3) is 0 Å². The van der Waals surface area contributed by atoms with Gasteiger partial charge in [0.1, 0.15) is 12.4 Å². The molecule has 0 N–H and O–H groups in total. The molecule has 5 nitrogen and oxygen atoms in total. The fraction of sp³-hybridized carbons (Fsp3) is 0.300. The molecule has 0 saturated carbocycles. The smallest absolute Gasteiger partial charge is 0.344 e. The Morgan fingerprint density at radius 2 is 1.56 bits per heavy atom. The summed E-state index contributed by atoms with van der Waals surface area (Å²) in [4.78, 5) is 23.0. The van der Waals surface area contributed by atoms with Gasteiger partial charge in [-0.3, -0.25) is 4.79 Å². The van der Waals surface area contributed by atoms with Crippen LogP contribution in [0.5, 0.6) is 5.75 Å². The van der Waals surface area contributed by atoms with Crippen LogP contribution in [0, 0.1) is 0 Å². The number of rotatable bonds is 9. The molecule has 25 heavy (non-hydrogen) atoms. The van der Waals surface area contributed by atoms with E-state index in [1.54, 1.807) is 19.1 Å². The van der Waals surface area contributed by atoms with Gasteiger partial charge >= 0.3 is 11.9 Å². The molecule has 0 aromatic heterocycles. The lowest BCUT2D eigenvalue weighted by Crippen LogP contribution is -2.14. The summed E-state index contributed by atoms with van der Waals surface area (Å²) in [5.74, 6) is -0.0392. The molecular weight excluding hydrogens is 320 g/mol. The molecule has 0 bridgehead atoms. The molecule has 0 atom stereocenters. The van der Waals surface area contributed by atoms with Crippen LogP contribution in [0.15, 0.2) is 54.6 Å². The summed E-state index contributed by atoms with van der Waals surface area (Å²) >= 11 is 0. The second kappa shape index (κ2) is 10.1. The Balaban J connectivity index is 1.70. The maximum atomic E-state index is 11.8. The summed E-state index contributed by atoms with van der Waals surface area (Å²) in [7, 11) is 0. The first-order chi connectivity index (χ1) is 12.2. The quantitative estimate of drug-likeness (QED) is 0.654. The molecule has 0 amide bonds. The van der Waals surface area contributed by atoms with E-state index >= 15 is 0 Å².